The zero-order valence-electron chi connectivity index (χ0n) is 8.95. The molecule has 5 nitrogen and oxygen atoms in total. The highest BCUT2D eigenvalue weighted by atomic mass is 16.2. The van der Waals surface area contributed by atoms with E-state index in [0.29, 0.717) is 5.56 Å². The molecule has 1 N–H and O–H groups in total. The summed E-state index contributed by atoms with van der Waals surface area (Å²) in [5.74, 6) is -0.293. The van der Waals surface area contributed by atoms with Gasteiger partial charge in [0.2, 0.25) is 0 Å². The zero-order valence-corrected chi connectivity index (χ0v) is 8.95. The number of rotatable bonds is 3. The molecule has 17 heavy (non-hydrogen) atoms. The van der Waals surface area contributed by atoms with Crippen molar-refractivity contribution in [1.29, 1.82) is 0 Å². The van der Waals surface area contributed by atoms with E-state index in [4.69, 9.17) is 0 Å². The molecule has 0 spiro atoms. The Morgan fingerprint density at radius 1 is 1.18 bits per heavy atom. The largest absolute Gasteiger partial charge is 0.272 e. The molecule has 1 amide bonds. The maximum atomic E-state index is 11.6. The van der Waals surface area contributed by atoms with Crippen LogP contribution in [-0.4, -0.2) is 22.1 Å². The number of carbonyl (C=O) groups is 1. The molecule has 0 aliphatic rings. The van der Waals surface area contributed by atoms with E-state index in [1.807, 2.05) is 6.07 Å². The van der Waals surface area contributed by atoms with Gasteiger partial charge in [-0.05, 0) is 18.2 Å². The van der Waals surface area contributed by atoms with Gasteiger partial charge >= 0.3 is 0 Å². The standard InChI is InChI=1S/C12H10N4O/c17-12(11-4-2-6-14-9-11)16-15-8-10-3-1-5-13-7-10/h1-9H,(H,16,17)/b15-8+. The number of hydrogen-bond acceptors (Lipinski definition) is 4. The van der Waals surface area contributed by atoms with E-state index in [1.165, 1.54) is 12.4 Å². The van der Waals surface area contributed by atoms with Crippen LogP contribution in [0.2, 0.25) is 0 Å². The quantitative estimate of drug-likeness (QED) is 0.632. The number of hydrazone groups is 1. The molecule has 0 saturated heterocycles. The van der Waals surface area contributed by atoms with Crippen molar-refractivity contribution in [2.75, 3.05) is 0 Å². The summed E-state index contributed by atoms with van der Waals surface area (Å²) < 4.78 is 0. The van der Waals surface area contributed by atoms with Gasteiger partial charge in [-0.25, -0.2) is 5.43 Å². The van der Waals surface area contributed by atoms with Crippen LogP contribution in [0, 0.1) is 0 Å². The summed E-state index contributed by atoms with van der Waals surface area (Å²) in [7, 11) is 0. The Bertz CT molecular complexity index is 511. The van der Waals surface area contributed by atoms with Crippen molar-refractivity contribution >= 4 is 12.1 Å². The molecule has 2 heterocycles. The van der Waals surface area contributed by atoms with E-state index in [9.17, 15) is 4.79 Å². The molecule has 0 saturated carbocycles. The smallest absolute Gasteiger partial charge is 0.267 e. The molecule has 2 aromatic heterocycles. The summed E-state index contributed by atoms with van der Waals surface area (Å²) in [4.78, 5) is 19.3. The highest BCUT2D eigenvalue weighted by molar-refractivity contribution is 5.94. The molecule has 0 bridgehead atoms. The van der Waals surface area contributed by atoms with Gasteiger partial charge in [0.05, 0.1) is 11.8 Å². The molecule has 2 aromatic rings. The third-order valence-corrected chi connectivity index (χ3v) is 1.99. The molecule has 0 aromatic carbocycles. The van der Waals surface area contributed by atoms with Crippen LogP contribution in [-0.2, 0) is 0 Å². The number of amides is 1. The molecular formula is C12H10N4O. The Hall–Kier alpha value is -2.56. The lowest BCUT2D eigenvalue weighted by atomic mass is 10.3. The first-order valence-electron chi connectivity index (χ1n) is 5.00. The number of hydrogen-bond donors (Lipinski definition) is 1. The maximum Gasteiger partial charge on any atom is 0.272 e. The van der Waals surface area contributed by atoms with E-state index >= 15 is 0 Å². The first-order chi connectivity index (χ1) is 8.36. The summed E-state index contributed by atoms with van der Waals surface area (Å²) in [5, 5.41) is 3.83. The third kappa shape index (κ3) is 3.20. The molecule has 5 heteroatoms. The Kier molecular flexibility index (Phi) is 3.54. The lowest BCUT2D eigenvalue weighted by molar-refractivity contribution is 0.0955. The second kappa shape index (κ2) is 5.50. The lowest BCUT2D eigenvalue weighted by Crippen LogP contribution is -2.17. The molecule has 84 valence electrons. The second-order valence-corrected chi connectivity index (χ2v) is 3.23. The Morgan fingerprint density at radius 3 is 2.59 bits per heavy atom. The van der Waals surface area contributed by atoms with Crippen LogP contribution >= 0.6 is 0 Å². The number of pyridine rings is 2. The van der Waals surface area contributed by atoms with Gasteiger partial charge in [0.1, 0.15) is 0 Å². The molecular weight excluding hydrogens is 216 g/mol. The van der Waals surface area contributed by atoms with Crippen LogP contribution in [0.4, 0.5) is 0 Å². The van der Waals surface area contributed by atoms with E-state index < -0.39 is 0 Å². The normalized spacial score (nSPS) is 10.4. The summed E-state index contributed by atoms with van der Waals surface area (Å²) in [6.45, 7) is 0. The van der Waals surface area contributed by atoms with Crippen molar-refractivity contribution < 1.29 is 4.79 Å². The van der Waals surface area contributed by atoms with Gasteiger partial charge in [0, 0.05) is 30.4 Å². The first kappa shape index (κ1) is 10.9. The molecule has 2 rings (SSSR count). The Labute approximate surface area is 98.2 Å². The van der Waals surface area contributed by atoms with Crippen LogP contribution in [0.5, 0.6) is 0 Å². The summed E-state index contributed by atoms with van der Waals surface area (Å²) in [6.07, 6.45) is 7.94. The molecule has 0 aliphatic carbocycles. The topological polar surface area (TPSA) is 67.2 Å². The van der Waals surface area contributed by atoms with Gasteiger partial charge < -0.3 is 0 Å². The molecule has 0 atom stereocenters. The average Bonchev–Trinajstić information content (AvgIpc) is 2.41. The van der Waals surface area contributed by atoms with Gasteiger partial charge in [-0.3, -0.25) is 14.8 Å². The van der Waals surface area contributed by atoms with Crippen molar-refractivity contribution in [2.45, 2.75) is 0 Å². The van der Waals surface area contributed by atoms with Crippen LogP contribution in [0.15, 0.2) is 54.2 Å². The predicted molar refractivity (Wildman–Crippen MR) is 63.5 cm³/mol. The van der Waals surface area contributed by atoms with Crippen LogP contribution in [0.25, 0.3) is 0 Å². The first-order valence-corrected chi connectivity index (χ1v) is 5.00. The van der Waals surface area contributed by atoms with Gasteiger partial charge in [0.15, 0.2) is 0 Å². The van der Waals surface area contributed by atoms with E-state index in [0.717, 1.165) is 5.56 Å². The second-order valence-electron chi connectivity index (χ2n) is 3.23. The minimum absolute atomic E-state index is 0.293. The van der Waals surface area contributed by atoms with Gasteiger partial charge in [0.25, 0.3) is 5.91 Å². The van der Waals surface area contributed by atoms with Crippen LogP contribution in [0.3, 0.4) is 0 Å². The number of nitrogens with one attached hydrogen (secondary N) is 1. The van der Waals surface area contributed by atoms with Crippen LogP contribution < -0.4 is 5.43 Å². The number of nitrogens with zero attached hydrogens (tertiary/aromatic N) is 3. The van der Waals surface area contributed by atoms with E-state index in [-0.39, 0.29) is 5.91 Å². The monoisotopic (exact) mass is 226 g/mol. The van der Waals surface area contributed by atoms with Gasteiger partial charge in [-0.2, -0.15) is 5.10 Å². The van der Waals surface area contributed by atoms with Crippen molar-refractivity contribution in [3.63, 3.8) is 0 Å². The van der Waals surface area contributed by atoms with E-state index in [2.05, 4.69) is 20.5 Å². The van der Waals surface area contributed by atoms with Crippen molar-refractivity contribution in [3.8, 4) is 0 Å². The molecule has 0 unspecified atom stereocenters. The minimum Gasteiger partial charge on any atom is -0.267 e. The Balaban J connectivity index is 1.95. The van der Waals surface area contributed by atoms with E-state index in [1.54, 1.807) is 36.8 Å². The van der Waals surface area contributed by atoms with Crippen LogP contribution in [0.1, 0.15) is 15.9 Å². The van der Waals surface area contributed by atoms with Crippen molar-refractivity contribution in [3.05, 3.63) is 60.2 Å². The summed E-state index contributed by atoms with van der Waals surface area (Å²) >= 11 is 0. The zero-order chi connectivity index (χ0) is 11.9. The molecule has 0 radical (unpaired) electrons. The highest BCUT2D eigenvalue weighted by Gasteiger charge is 2.01. The fourth-order valence-corrected chi connectivity index (χ4v) is 1.18. The maximum absolute atomic E-state index is 11.6. The lowest BCUT2D eigenvalue weighted by Gasteiger charge is -1.97. The molecule has 0 fully saturated rings. The highest BCUT2D eigenvalue weighted by Crippen LogP contribution is 1.95. The number of carbonyl (C=O) groups excluding carboxylic acids is 1. The van der Waals surface area contributed by atoms with Gasteiger partial charge in [-0.15, -0.1) is 0 Å². The minimum atomic E-state index is -0.293. The SMILES string of the molecule is O=C(N/N=C/c1cccnc1)c1cccnc1. The Morgan fingerprint density at radius 2 is 1.94 bits per heavy atom. The summed E-state index contributed by atoms with van der Waals surface area (Å²) in [5.41, 5.74) is 3.70. The van der Waals surface area contributed by atoms with Crippen molar-refractivity contribution in [1.82, 2.24) is 15.4 Å². The molecule has 0 aliphatic heterocycles. The van der Waals surface area contributed by atoms with Gasteiger partial charge in [-0.1, -0.05) is 6.07 Å². The fraction of sp³-hybridized carbons (Fsp3) is 0. The fourth-order valence-electron chi connectivity index (χ4n) is 1.18. The predicted octanol–water partition coefficient (Wildman–Crippen LogP) is 1.24. The number of aromatic nitrogens is 2. The average molecular weight is 226 g/mol. The van der Waals surface area contributed by atoms with Crippen molar-refractivity contribution in [2.24, 2.45) is 5.10 Å². The summed E-state index contributed by atoms with van der Waals surface area (Å²) in [6, 6.07) is 7.00. The third-order valence-electron chi connectivity index (χ3n) is 1.99.